The van der Waals surface area contributed by atoms with Crippen LogP contribution in [-0.2, 0) is 16.0 Å². The Morgan fingerprint density at radius 3 is 2.32 bits per heavy atom. The van der Waals surface area contributed by atoms with Gasteiger partial charge in [0, 0.05) is 10.0 Å². The average Bonchev–Trinajstić information content (AvgIpc) is 2.38. The summed E-state index contributed by atoms with van der Waals surface area (Å²) in [4.78, 5) is 11.3. The van der Waals surface area contributed by atoms with Crippen molar-refractivity contribution in [1.82, 2.24) is 0 Å². The summed E-state index contributed by atoms with van der Waals surface area (Å²) in [5.74, 6) is -0.288. The quantitative estimate of drug-likeness (QED) is 0.786. The highest BCUT2D eigenvalue weighted by Gasteiger charge is 2.07. The molecule has 4 heteroatoms. The highest BCUT2D eigenvalue weighted by molar-refractivity contribution is 6.31. The third-order valence-electron chi connectivity index (χ3n) is 2.71. The Morgan fingerprint density at radius 1 is 1.00 bits per heavy atom. The lowest BCUT2D eigenvalue weighted by Gasteiger charge is -2.07. The minimum absolute atomic E-state index is 0.206. The Bertz CT molecular complexity index is 592. The van der Waals surface area contributed by atoms with Crippen LogP contribution in [-0.4, -0.2) is 13.1 Å². The van der Waals surface area contributed by atoms with E-state index in [9.17, 15) is 4.79 Å². The Kier molecular flexibility index (Phi) is 4.46. The highest BCUT2D eigenvalue weighted by atomic mass is 35.5. The van der Waals surface area contributed by atoms with E-state index in [4.69, 9.17) is 23.2 Å². The van der Waals surface area contributed by atoms with Crippen molar-refractivity contribution < 1.29 is 9.53 Å². The first-order valence-electron chi connectivity index (χ1n) is 5.70. The van der Waals surface area contributed by atoms with Gasteiger partial charge < -0.3 is 4.74 Å². The molecule has 0 unspecified atom stereocenters. The molecule has 0 fully saturated rings. The predicted octanol–water partition coefficient (Wildman–Crippen LogP) is 4.38. The van der Waals surface area contributed by atoms with E-state index in [-0.39, 0.29) is 12.4 Å². The third kappa shape index (κ3) is 3.72. The van der Waals surface area contributed by atoms with Crippen LogP contribution >= 0.6 is 23.2 Å². The van der Waals surface area contributed by atoms with Gasteiger partial charge in [-0.25, -0.2) is 0 Å². The zero-order chi connectivity index (χ0) is 13.8. The average molecular weight is 295 g/mol. The second-order valence-corrected chi connectivity index (χ2v) is 4.98. The van der Waals surface area contributed by atoms with Crippen molar-refractivity contribution in [2.24, 2.45) is 0 Å². The summed E-state index contributed by atoms with van der Waals surface area (Å²) in [6.07, 6.45) is 0.206. The van der Waals surface area contributed by atoms with E-state index in [1.54, 1.807) is 6.07 Å². The summed E-state index contributed by atoms with van der Waals surface area (Å²) < 4.78 is 4.66. The van der Waals surface area contributed by atoms with Crippen molar-refractivity contribution in [3.63, 3.8) is 0 Å². The van der Waals surface area contributed by atoms with Crippen LogP contribution in [0.15, 0.2) is 42.5 Å². The Labute approximate surface area is 121 Å². The first-order valence-corrected chi connectivity index (χ1v) is 6.46. The number of halogens is 2. The Hall–Kier alpha value is -1.51. The van der Waals surface area contributed by atoms with Crippen molar-refractivity contribution in [1.29, 1.82) is 0 Å². The summed E-state index contributed by atoms with van der Waals surface area (Å²) in [7, 11) is 1.37. The lowest BCUT2D eigenvalue weighted by molar-refractivity contribution is -0.139. The van der Waals surface area contributed by atoms with E-state index in [0.717, 1.165) is 16.7 Å². The minimum Gasteiger partial charge on any atom is -0.469 e. The number of rotatable bonds is 3. The van der Waals surface area contributed by atoms with Crippen molar-refractivity contribution >= 4 is 29.2 Å². The SMILES string of the molecule is COC(=O)Cc1cc(Cl)cc(-c2ccc(Cl)cc2)c1. The van der Waals surface area contributed by atoms with Crippen molar-refractivity contribution in [3.05, 3.63) is 58.1 Å². The first kappa shape index (κ1) is 13.9. The summed E-state index contributed by atoms with van der Waals surface area (Å²) in [6.45, 7) is 0. The molecule has 0 amide bonds. The van der Waals surface area contributed by atoms with E-state index in [2.05, 4.69) is 4.74 Å². The van der Waals surface area contributed by atoms with Gasteiger partial charge in [-0.1, -0.05) is 41.4 Å². The first-order chi connectivity index (χ1) is 9.08. The van der Waals surface area contributed by atoms with Gasteiger partial charge in [0.1, 0.15) is 0 Å². The molecule has 0 aliphatic carbocycles. The monoisotopic (exact) mass is 294 g/mol. The zero-order valence-electron chi connectivity index (χ0n) is 10.3. The smallest absolute Gasteiger partial charge is 0.309 e. The number of hydrogen-bond donors (Lipinski definition) is 0. The largest absolute Gasteiger partial charge is 0.469 e. The van der Waals surface area contributed by atoms with Gasteiger partial charge in [0.15, 0.2) is 0 Å². The van der Waals surface area contributed by atoms with Crippen LogP contribution in [0, 0.1) is 0 Å². The molecule has 98 valence electrons. The highest BCUT2D eigenvalue weighted by Crippen LogP contribution is 2.26. The maximum atomic E-state index is 11.3. The number of ether oxygens (including phenoxy) is 1. The van der Waals surface area contributed by atoms with Gasteiger partial charge in [0.2, 0.25) is 0 Å². The fraction of sp³-hybridized carbons (Fsp3) is 0.133. The number of carbonyl (C=O) groups is 1. The van der Waals surface area contributed by atoms with Gasteiger partial charge in [0.05, 0.1) is 13.5 Å². The maximum absolute atomic E-state index is 11.3. The van der Waals surface area contributed by atoms with Crippen LogP contribution in [0.5, 0.6) is 0 Å². The van der Waals surface area contributed by atoms with E-state index < -0.39 is 0 Å². The second kappa shape index (κ2) is 6.09. The maximum Gasteiger partial charge on any atom is 0.309 e. The van der Waals surface area contributed by atoms with Gasteiger partial charge in [-0.3, -0.25) is 4.79 Å². The van der Waals surface area contributed by atoms with Crippen molar-refractivity contribution in [2.75, 3.05) is 7.11 Å². The lowest BCUT2D eigenvalue weighted by Crippen LogP contribution is -2.04. The van der Waals surface area contributed by atoms with Crippen molar-refractivity contribution in [3.8, 4) is 11.1 Å². The van der Waals surface area contributed by atoms with Gasteiger partial charge in [-0.15, -0.1) is 0 Å². The fourth-order valence-corrected chi connectivity index (χ4v) is 2.18. The molecule has 2 rings (SSSR count). The number of benzene rings is 2. The molecule has 0 aliphatic rings. The molecule has 0 saturated heterocycles. The molecule has 2 nitrogen and oxygen atoms in total. The number of esters is 1. The topological polar surface area (TPSA) is 26.3 Å². The van der Waals surface area contributed by atoms with Gasteiger partial charge in [-0.05, 0) is 41.0 Å². The van der Waals surface area contributed by atoms with E-state index in [1.165, 1.54) is 7.11 Å². The number of carbonyl (C=O) groups excluding carboxylic acids is 1. The molecule has 0 N–H and O–H groups in total. The Balaban J connectivity index is 2.35. The lowest BCUT2D eigenvalue weighted by atomic mass is 10.0. The molecular formula is C15H12Cl2O2. The fourth-order valence-electron chi connectivity index (χ4n) is 1.80. The molecule has 0 aliphatic heterocycles. The normalized spacial score (nSPS) is 10.3. The molecule has 0 saturated carbocycles. The van der Waals surface area contributed by atoms with Crippen molar-refractivity contribution in [2.45, 2.75) is 6.42 Å². The van der Waals surface area contributed by atoms with Gasteiger partial charge in [-0.2, -0.15) is 0 Å². The van der Waals surface area contributed by atoms with Gasteiger partial charge in [0.25, 0.3) is 0 Å². The van der Waals surface area contributed by atoms with Gasteiger partial charge >= 0.3 is 5.97 Å². The molecule has 2 aromatic rings. The molecule has 2 aromatic carbocycles. The van der Waals surface area contributed by atoms with E-state index in [1.807, 2.05) is 36.4 Å². The van der Waals surface area contributed by atoms with Crippen LogP contribution in [0.2, 0.25) is 10.0 Å². The van der Waals surface area contributed by atoms with Crippen LogP contribution in [0.25, 0.3) is 11.1 Å². The van der Waals surface area contributed by atoms with Crippen LogP contribution in [0.3, 0.4) is 0 Å². The molecule has 0 heterocycles. The molecule has 0 spiro atoms. The van der Waals surface area contributed by atoms with Crippen LogP contribution in [0.4, 0.5) is 0 Å². The standard InChI is InChI=1S/C15H12Cl2O2/c1-19-15(18)8-10-6-12(9-14(17)7-10)11-2-4-13(16)5-3-11/h2-7,9H,8H2,1H3. The van der Waals surface area contributed by atoms with E-state index >= 15 is 0 Å². The summed E-state index contributed by atoms with van der Waals surface area (Å²) in [5.41, 5.74) is 2.77. The van der Waals surface area contributed by atoms with E-state index in [0.29, 0.717) is 10.0 Å². The predicted molar refractivity (Wildman–Crippen MR) is 77.6 cm³/mol. The Morgan fingerprint density at radius 2 is 1.68 bits per heavy atom. The minimum atomic E-state index is -0.288. The molecule has 19 heavy (non-hydrogen) atoms. The third-order valence-corrected chi connectivity index (χ3v) is 3.18. The number of methoxy groups -OCH3 is 1. The van der Waals surface area contributed by atoms with Crippen LogP contribution < -0.4 is 0 Å². The molecule has 0 bridgehead atoms. The summed E-state index contributed by atoms with van der Waals surface area (Å²) >= 11 is 11.9. The molecule has 0 aromatic heterocycles. The molecule has 0 atom stereocenters. The summed E-state index contributed by atoms with van der Waals surface area (Å²) in [6, 6.07) is 13.0. The zero-order valence-corrected chi connectivity index (χ0v) is 11.8. The summed E-state index contributed by atoms with van der Waals surface area (Å²) in [5, 5.41) is 1.27. The van der Waals surface area contributed by atoms with Crippen LogP contribution in [0.1, 0.15) is 5.56 Å². The second-order valence-electron chi connectivity index (χ2n) is 4.11. The molecule has 0 radical (unpaired) electrons. The molecular weight excluding hydrogens is 283 g/mol. The number of hydrogen-bond acceptors (Lipinski definition) is 2.